The van der Waals surface area contributed by atoms with E-state index in [1.807, 2.05) is 60.7 Å². The van der Waals surface area contributed by atoms with Gasteiger partial charge >= 0.3 is 5.97 Å². The Morgan fingerprint density at radius 3 is 1.36 bits per heavy atom. The van der Waals surface area contributed by atoms with E-state index in [0.717, 1.165) is 40.4 Å². The summed E-state index contributed by atoms with van der Waals surface area (Å²) >= 11 is 0. The fourth-order valence-corrected chi connectivity index (χ4v) is 11.9. The lowest BCUT2D eigenvalue weighted by molar-refractivity contribution is -0.137. The summed E-state index contributed by atoms with van der Waals surface area (Å²) in [7, 11) is -1.00. The molecule has 2 aromatic heterocycles. The number of piperidine rings is 2. The highest BCUT2D eigenvalue weighted by atomic mass is 19.1. The molecule has 2 saturated heterocycles. The Bertz CT molecular complexity index is 4820. The van der Waals surface area contributed by atoms with Gasteiger partial charge in [-0.05, 0) is 136 Å². The van der Waals surface area contributed by atoms with Crippen molar-refractivity contribution in [1.82, 2.24) is 46.4 Å². The Kier molecular flexibility index (Phi) is 26.1. The number of imide groups is 4. The second-order valence-electron chi connectivity index (χ2n) is 24.3. The topological polar surface area (TPSA) is 472 Å². The number of halogens is 1. The van der Waals surface area contributed by atoms with Crippen LogP contribution in [0.1, 0.15) is 148 Å². The van der Waals surface area contributed by atoms with Gasteiger partial charge < -0.3 is 58.4 Å². The van der Waals surface area contributed by atoms with Gasteiger partial charge in [-0.1, -0.05) is 55.0 Å². The number of nitrogens with two attached hydrogens (primary N) is 3. The standard InChI is InChI=1S/C37H35N7O8.C20H24N4O6.C17H13N3O3.CH3F/c38-33(47)25-19-41-26-13-12-21(18-24(26)32(25)42-22-8-3-1-4-9-22)34(48)40-17-6-2-5-16-39-30(46)20-52-28-11-7-10-23-31(28)37(51)44(36(23)50)27-14-15-29(45)43-35(27)49;21-9-2-1-3-10-22-16(26)11-30-14-6-4-5-12-17(14)20(29)24(19(12)28)13-7-8-15(25)23-18(13)27;18-16(21)13-9-19-14-7-6-10(17(22)23)8-12(14)15(13)20-11-4-2-1-3-5-11;1-2/h1,3-4,7-13,18-19,27H,2,5-6,14-17,20H2,(H2,38,47)(H,39,46)(H,40,48)(H,41,42)(H,43,45,49);4-6,13H,1-3,7-11,21H2,(H,22,26)(H,23,25,27);1-9H,(H2,18,21)(H,19,20)(H,22,23);1H3/i;;;1D. The Balaban J connectivity index is 0.000000202. The minimum atomic E-state index is -1.11. The van der Waals surface area contributed by atoms with Gasteiger partial charge in [-0.3, -0.25) is 97.1 Å². The number of nitrogens with zero attached hydrogens (tertiary/aromatic N) is 4. The monoisotopic (exact) mass is 1460 g/mol. The van der Waals surface area contributed by atoms with Crippen LogP contribution in [0.25, 0.3) is 21.8 Å². The fraction of sp³-hybridized carbons (Fsp3) is 0.253. The number of primary amides is 2. The summed E-state index contributed by atoms with van der Waals surface area (Å²) < 4.78 is 26.6. The lowest BCUT2D eigenvalue weighted by atomic mass is 10.0. The third-order valence-corrected chi connectivity index (χ3v) is 17.1. The van der Waals surface area contributed by atoms with E-state index < -0.39 is 96.8 Å². The third kappa shape index (κ3) is 19.1. The maximum atomic E-state index is 13.2. The highest BCUT2D eigenvalue weighted by Crippen LogP contribution is 2.37. The van der Waals surface area contributed by atoms with Crippen LogP contribution in [-0.2, 0) is 28.8 Å². The number of carboxylic acid groups (broad SMARTS) is 1. The molecular formula is C75H75FN14O17. The molecule has 554 valence electrons. The number of hydrogen-bond acceptors (Lipinski definition) is 21. The molecule has 2 unspecified atom stereocenters. The summed E-state index contributed by atoms with van der Waals surface area (Å²) in [6, 6.07) is 34.8. The van der Waals surface area contributed by atoms with Gasteiger partial charge in [0.05, 0.1) is 69.9 Å². The summed E-state index contributed by atoms with van der Waals surface area (Å²) in [4.78, 5) is 182. The lowest BCUT2D eigenvalue weighted by Crippen LogP contribution is -2.54. The Hall–Kier alpha value is -13.4. The Morgan fingerprint density at radius 1 is 0.542 bits per heavy atom. The number of nitrogens with one attached hydrogen (secondary N) is 7. The average Bonchev–Trinajstić information content (AvgIpc) is 1.59. The van der Waals surface area contributed by atoms with E-state index in [4.69, 9.17) is 28.0 Å². The number of benzene rings is 6. The highest BCUT2D eigenvalue weighted by Gasteiger charge is 2.48. The maximum absolute atomic E-state index is 13.2. The predicted octanol–water partition coefficient (Wildman–Crippen LogP) is 5.65. The van der Waals surface area contributed by atoms with E-state index >= 15 is 0 Å². The lowest BCUT2D eigenvalue weighted by Gasteiger charge is -2.27. The van der Waals surface area contributed by atoms with Crippen LogP contribution in [0, 0.1) is 0 Å². The molecule has 0 aliphatic carbocycles. The van der Waals surface area contributed by atoms with E-state index in [1.54, 1.807) is 24.3 Å². The van der Waals surface area contributed by atoms with E-state index in [0.29, 0.717) is 84.2 Å². The molecule has 14 N–H and O–H groups in total. The van der Waals surface area contributed by atoms with Crippen molar-refractivity contribution in [2.24, 2.45) is 17.2 Å². The molecule has 8 aromatic rings. The van der Waals surface area contributed by atoms with Crippen molar-refractivity contribution in [2.75, 3.05) is 57.2 Å². The predicted molar refractivity (Wildman–Crippen MR) is 386 cm³/mol. The first-order chi connectivity index (χ1) is 52.0. The molecule has 12 rings (SSSR count). The zero-order valence-corrected chi connectivity index (χ0v) is 57.4. The quantitative estimate of drug-likeness (QED) is 0.0219. The van der Waals surface area contributed by atoms with Gasteiger partial charge in [-0.2, -0.15) is 0 Å². The summed E-state index contributed by atoms with van der Waals surface area (Å²) in [6.45, 7) is 1.13. The molecule has 32 heteroatoms. The van der Waals surface area contributed by atoms with Gasteiger partial charge in [-0.15, -0.1) is 0 Å². The molecule has 6 heterocycles. The smallest absolute Gasteiger partial charge is 0.335 e. The maximum Gasteiger partial charge on any atom is 0.335 e. The first kappa shape index (κ1) is 76.3. The number of unbranched alkanes of at least 4 members (excludes halogenated alkanes) is 4. The van der Waals surface area contributed by atoms with Crippen molar-refractivity contribution in [1.29, 1.82) is 0 Å². The number of carbonyl (C=O) groups is 14. The van der Waals surface area contributed by atoms with Crippen LogP contribution in [0.4, 0.5) is 27.1 Å². The number of carbonyl (C=O) groups excluding carboxylic acids is 13. The van der Waals surface area contributed by atoms with E-state index in [1.165, 1.54) is 60.9 Å². The number of amides is 13. The second-order valence-corrected chi connectivity index (χ2v) is 24.3. The molecule has 0 radical (unpaired) electrons. The van der Waals surface area contributed by atoms with Crippen molar-refractivity contribution in [3.05, 3.63) is 190 Å². The average molecular weight is 1460 g/mol. The third-order valence-electron chi connectivity index (χ3n) is 17.1. The normalized spacial score (nSPS) is 15.0. The van der Waals surface area contributed by atoms with Gasteiger partial charge in [0.1, 0.15) is 23.6 Å². The molecule has 0 spiro atoms. The van der Waals surface area contributed by atoms with Crippen LogP contribution in [0.2, 0.25) is 0 Å². The van der Waals surface area contributed by atoms with Crippen LogP contribution in [-0.4, -0.2) is 166 Å². The zero-order chi connectivity index (χ0) is 77.6. The van der Waals surface area contributed by atoms with Gasteiger partial charge in [0.2, 0.25) is 23.6 Å². The van der Waals surface area contributed by atoms with Gasteiger partial charge in [0, 0.05) is 72.6 Å². The largest absolute Gasteiger partial charge is 0.483 e. The van der Waals surface area contributed by atoms with Crippen molar-refractivity contribution < 1.29 is 87.5 Å². The number of ether oxygens (including phenoxy) is 2. The number of hydrogen-bond donors (Lipinski definition) is 11. The van der Waals surface area contributed by atoms with Crippen LogP contribution >= 0.6 is 0 Å². The first-order valence-corrected chi connectivity index (χ1v) is 33.7. The molecule has 4 aliphatic rings. The number of rotatable bonds is 27. The Labute approximate surface area is 611 Å². The molecule has 2 atom stereocenters. The molecule has 0 bridgehead atoms. The highest BCUT2D eigenvalue weighted by molar-refractivity contribution is 6.26. The van der Waals surface area contributed by atoms with Crippen molar-refractivity contribution in [3.63, 3.8) is 0 Å². The van der Waals surface area contributed by atoms with Gasteiger partial charge in [0.25, 0.3) is 53.2 Å². The molecule has 31 nitrogen and oxygen atoms in total. The number of pyridine rings is 2. The van der Waals surface area contributed by atoms with Crippen LogP contribution < -0.4 is 63.9 Å². The van der Waals surface area contributed by atoms with E-state index in [-0.39, 0.29) is 94.5 Å². The second kappa shape index (κ2) is 36.7. The number of anilines is 4. The minimum Gasteiger partial charge on any atom is -0.483 e. The SMILES string of the molecule is NC(=O)c1cnc2ccc(C(=O)NCCCCCNC(=O)COc3cccc4c3C(=O)N(C3CCC(=O)NC3=O)C4=O)cc2c1Nc1ccccc1.NC(=O)c1cnc2ccc(C(=O)O)cc2c1Nc1ccccc1.NCCCCCNC(=O)COc1cccc2c1C(=O)N(C1CCC(=O)NC1=O)C2=O.[2H]CF. The number of alkyl halides is 1. The fourth-order valence-electron chi connectivity index (χ4n) is 11.9. The summed E-state index contributed by atoms with van der Waals surface area (Å²) in [5, 5.41) is 29.3. The van der Waals surface area contributed by atoms with E-state index in [9.17, 15) is 76.6 Å². The van der Waals surface area contributed by atoms with Crippen molar-refractivity contribution in [2.45, 2.75) is 76.3 Å². The number of fused-ring (bicyclic) bond motifs is 4. The minimum absolute atomic E-state index is 0.00152. The van der Waals surface area contributed by atoms with Crippen LogP contribution in [0.3, 0.4) is 0 Å². The van der Waals surface area contributed by atoms with E-state index in [2.05, 4.69) is 47.2 Å². The molecule has 4 aliphatic heterocycles. The van der Waals surface area contributed by atoms with Gasteiger partial charge in [-0.25, -0.2) is 4.79 Å². The Morgan fingerprint density at radius 2 is 0.953 bits per heavy atom. The first-order valence-electron chi connectivity index (χ1n) is 34.4. The molecule has 2 fully saturated rings. The molecule has 13 amide bonds. The van der Waals surface area contributed by atoms with Crippen LogP contribution in [0.15, 0.2) is 146 Å². The molecular weight excluding hydrogens is 1390 g/mol. The van der Waals surface area contributed by atoms with Crippen LogP contribution in [0.5, 0.6) is 11.5 Å². The summed E-state index contributed by atoms with van der Waals surface area (Å²) in [5.74, 6) is -8.29. The molecule has 107 heavy (non-hydrogen) atoms. The molecule has 0 saturated carbocycles. The van der Waals surface area contributed by atoms with Crippen molar-refractivity contribution in [3.8, 4) is 11.5 Å². The zero-order valence-electron chi connectivity index (χ0n) is 58.4. The summed E-state index contributed by atoms with van der Waals surface area (Å²) in [6.07, 6.45) is 7.52. The number of para-hydroxylation sites is 2. The van der Waals surface area contributed by atoms with Crippen molar-refractivity contribution >= 4 is 127 Å². The number of carboxylic acids is 1. The number of aromatic carboxylic acids is 1. The van der Waals surface area contributed by atoms with Gasteiger partial charge in [0.15, 0.2) is 13.2 Å². The molecule has 6 aromatic carbocycles. The number of aromatic nitrogens is 2. The summed E-state index contributed by atoms with van der Waals surface area (Å²) in [5.41, 5.74) is 21.0.